The minimum absolute atomic E-state index is 0.151. The SMILES string of the molecule is CCCCCCCOCC(N)=N/C(C)=C\Cc1cnc(Nc2cc(CN3CCC(O)CC3)ccn2)s1. The molecule has 1 saturated heterocycles. The average molecular weight is 515 g/mol. The third kappa shape index (κ3) is 10.7. The van der Waals surface area contributed by atoms with Gasteiger partial charge in [-0.25, -0.2) is 15.0 Å². The summed E-state index contributed by atoms with van der Waals surface area (Å²) in [6, 6.07) is 4.11. The number of ether oxygens (including phenoxy) is 1. The number of aliphatic hydroxyl groups is 1. The number of hydrogen-bond acceptors (Lipinski definition) is 8. The molecule has 0 saturated carbocycles. The molecule has 0 aliphatic carbocycles. The lowest BCUT2D eigenvalue weighted by molar-refractivity contribution is 0.0792. The third-order valence-corrected chi connectivity index (χ3v) is 7.07. The van der Waals surface area contributed by atoms with Gasteiger partial charge in [0.05, 0.1) is 6.10 Å². The van der Waals surface area contributed by atoms with Crippen LogP contribution in [-0.2, 0) is 17.7 Å². The molecular weight excluding hydrogens is 472 g/mol. The predicted molar refractivity (Wildman–Crippen MR) is 149 cm³/mol. The first-order valence-electron chi connectivity index (χ1n) is 13.2. The zero-order chi connectivity index (χ0) is 25.6. The van der Waals surface area contributed by atoms with Gasteiger partial charge in [0, 0.05) is 55.6 Å². The van der Waals surface area contributed by atoms with Crippen LogP contribution >= 0.6 is 11.3 Å². The van der Waals surface area contributed by atoms with E-state index < -0.39 is 0 Å². The average Bonchev–Trinajstić information content (AvgIpc) is 3.31. The number of aliphatic imine (C=N–C) groups is 1. The summed E-state index contributed by atoms with van der Waals surface area (Å²) in [5.41, 5.74) is 8.10. The second-order valence-electron chi connectivity index (χ2n) is 9.43. The number of rotatable bonds is 15. The molecule has 4 N–H and O–H groups in total. The topological polar surface area (TPSA) is 109 Å². The first-order chi connectivity index (χ1) is 17.5. The number of unbranched alkanes of at least 4 members (excludes halogenated alkanes) is 4. The Kier molecular flexibility index (Phi) is 12.3. The molecule has 3 rings (SSSR count). The molecule has 0 radical (unpaired) electrons. The number of hydrogen-bond donors (Lipinski definition) is 3. The number of pyridine rings is 1. The van der Waals surface area contributed by atoms with Crippen LogP contribution in [0.2, 0.25) is 0 Å². The molecule has 2 aromatic heterocycles. The highest BCUT2D eigenvalue weighted by Crippen LogP contribution is 2.23. The summed E-state index contributed by atoms with van der Waals surface area (Å²) >= 11 is 1.61. The van der Waals surface area contributed by atoms with Gasteiger partial charge in [0.25, 0.3) is 0 Å². The number of nitrogens with one attached hydrogen (secondary N) is 1. The van der Waals surface area contributed by atoms with Crippen LogP contribution in [0.5, 0.6) is 0 Å². The minimum Gasteiger partial charge on any atom is -0.393 e. The molecule has 0 unspecified atom stereocenters. The quantitative estimate of drug-likeness (QED) is 0.174. The van der Waals surface area contributed by atoms with Crippen molar-refractivity contribution in [3.63, 3.8) is 0 Å². The number of nitrogens with two attached hydrogens (primary N) is 1. The van der Waals surface area contributed by atoms with Crippen LogP contribution in [0.25, 0.3) is 0 Å². The standard InChI is InChI=1S/C27H42N6O2S/c1-3-4-5-6-7-16-35-20-25(28)31-21(2)8-9-24-18-30-27(36-24)32-26-17-22(10-13-29-26)19-33-14-11-23(34)12-15-33/h8,10,13,17-18,23,34H,3-7,9,11-12,14-16,19-20H2,1-2H3,(H2,28,31)(H,29,30,32)/b21-8-. The molecule has 0 aromatic carbocycles. The summed E-state index contributed by atoms with van der Waals surface area (Å²) < 4.78 is 5.64. The number of likely N-dealkylation sites (tertiary alicyclic amines) is 1. The van der Waals surface area contributed by atoms with Crippen LogP contribution in [0, 0.1) is 0 Å². The lowest BCUT2D eigenvalue weighted by atomic mass is 10.1. The fourth-order valence-electron chi connectivity index (χ4n) is 4.08. The normalized spacial score (nSPS) is 16.0. The number of amidine groups is 1. The van der Waals surface area contributed by atoms with E-state index in [2.05, 4.69) is 44.2 Å². The molecule has 1 fully saturated rings. The van der Waals surface area contributed by atoms with Crippen LogP contribution in [0.15, 0.2) is 41.3 Å². The summed E-state index contributed by atoms with van der Waals surface area (Å²) in [6.07, 6.45) is 14.2. The second kappa shape index (κ2) is 15.7. The fraction of sp³-hybridized carbons (Fsp3) is 0.593. The lowest BCUT2D eigenvalue weighted by Crippen LogP contribution is -2.35. The monoisotopic (exact) mass is 514 g/mol. The van der Waals surface area contributed by atoms with Gasteiger partial charge in [0.15, 0.2) is 5.13 Å². The van der Waals surface area contributed by atoms with Gasteiger partial charge in [0.2, 0.25) is 0 Å². The highest BCUT2D eigenvalue weighted by Gasteiger charge is 2.17. The molecule has 0 atom stereocenters. The molecule has 3 heterocycles. The Labute approximate surface area is 219 Å². The van der Waals surface area contributed by atoms with E-state index in [-0.39, 0.29) is 6.10 Å². The molecule has 9 heteroatoms. The van der Waals surface area contributed by atoms with Crippen molar-refractivity contribution in [2.75, 3.05) is 31.6 Å². The van der Waals surface area contributed by atoms with E-state index in [1.807, 2.05) is 25.4 Å². The minimum atomic E-state index is -0.151. The van der Waals surface area contributed by atoms with Gasteiger partial charge in [-0.2, -0.15) is 0 Å². The Morgan fingerprint density at radius 1 is 1.28 bits per heavy atom. The van der Waals surface area contributed by atoms with Gasteiger partial charge >= 0.3 is 0 Å². The van der Waals surface area contributed by atoms with Crippen LogP contribution in [0.3, 0.4) is 0 Å². The van der Waals surface area contributed by atoms with Crippen LogP contribution in [0.4, 0.5) is 10.9 Å². The summed E-state index contributed by atoms with van der Waals surface area (Å²) in [5, 5.41) is 13.8. The van der Waals surface area contributed by atoms with Crippen molar-refractivity contribution in [1.29, 1.82) is 0 Å². The molecule has 1 aliphatic rings. The Bertz CT molecular complexity index is 969. The van der Waals surface area contributed by atoms with Gasteiger partial charge in [0.1, 0.15) is 18.3 Å². The van der Waals surface area contributed by atoms with Crippen molar-refractivity contribution in [1.82, 2.24) is 14.9 Å². The smallest absolute Gasteiger partial charge is 0.188 e. The highest BCUT2D eigenvalue weighted by atomic mass is 32.1. The Morgan fingerprint density at radius 2 is 2.08 bits per heavy atom. The maximum atomic E-state index is 9.71. The van der Waals surface area contributed by atoms with Crippen molar-refractivity contribution in [2.45, 2.75) is 77.9 Å². The number of thiazole rings is 1. The summed E-state index contributed by atoms with van der Waals surface area (Å²) in [4.78, 5) is 16.9. The summed E-state index contributed by atoms with van der Waals surface area (Å²) in [5.74, 6) is 1.30. The Morgan fingerprint density at radius 3 is 2.89 bits per heavy atom. The summed E-state index contributed by atoms with van der Waals surface area (Å²) in [7, 11) is 0. The van der Waals surface area contributed by atoms with E-state index in [4.69, 9.17) is 10.5 Å². The number of piperidine rings is 1. The number of aliphatic hydroxyl groups excluding tert-OH is 1. The molecule has 1 aliphatic heterocycles. The predicted octanol–water partition coefficient (Wildman–Crippen LogP) is 5.03. The molecule has 0 bridgehead atoms. The van der Waals surface area contributed by atoms with Gasteiger partial charge in [-0.3, -0.25) is 4.90 Å². The van der Waals surface area contributed by atoms with Crippen molar-refractivity contribution in [2.24, 2.45) is 10.7 Å². The van der Waals surface area contributed by atoms with E-state index in [9.17, 15) is 5.11 Å². The molecule has 198 valence electrons. The molecule has 2 aromatic rings. The largest absolute Gasteiger partial charge is 0.393 e. The molecule has 36 heavy (non-hydrogen) atoms. The van der Waals surface area contributed by atoms with Gasteiger partial charge in [-0.1, -0.05) is 38.7 Å². The van der Waals surface area contributed by atoms with E-state index in [1.54, 1.807) is 11.3 Å². The number of nitrogens with zero attached hydrogens (tertiary/aromatic N) is 4. The highest BCUT2D eigenvalue weighted by molar-refractivity contribution is 7.15. The van der Waals surface area contributed by atoms with Crippen LogP contribution in [-0.4, -0.2) is 58.2 Å². The first-order valence-corrected chi connectivity index (χ1v) is 14.0. The van der Waals surface area contributed by atoms with Crippen molar-refractivity contribution < 1.29 is 9.84 Å². The lowest BCUT2D eigenvalue weighted by Gasteiger charge is -2.29. The van der Waals surface area contributed by atoms with Crippen molar-refractivity contribution in [3.05, 3.63) is 46.7 Å². The summed E-state index contributed by atoms with van der Waals surface area (Å²) in [6.45, 7) is 8.00. The maximum absolute atomic E-state index is 9.71. The van der Waals surface area contributed by atoms with Crippen LogP contribution < -0.4 is 11.1 Å². The zero-order valence-corrected chi connectivity index (χ0v) is 22.6. The van der Waals surface area contributed by atoms with Crippen molar-refractivity contribution >= 4 is 28.1 Å². The Hall–Kier alpha value is -2.33. The van der Waals surface area contributed by atoms with E-state index in [0.29, 0.717) is 12.4 Å². The fourth-order valence-corrected chi connectivity index (χ4v) is 4.86. The number of anilines is 2. The third-order valence-electron chi connectivity index (χ3n) is 6.14. The van der Waals surface area contributed by atoms with Crippen molar-refractivity contribution in [3.8, 4) is 0 Å². The first kappa shape index (κ1) is 28.2. The second-order valence-corrected chi connectivity index (χ2v) is 10.5. The molecule has 0 amide bonds. The Balaban J connectivity index is 1.41. The number of aromatic nitrogens is 2. The van der Waals surface area contributed by atoms with Gasteiger partial charge in [-0.15, -0.1) is 11.3 Å². The molecule has 0 spiro atoms. The zero-order valence-electron chi connectivity index (χ0n) is 21.8. The van der Waals surface area contributed by atoms with E-state index in [0.717, 1.165) is 73.4 Å². The van der Waals surface area contributed by atoms with E-state index >= 15 is 0 Å². The molecular formula is C27H42N6O2S. The van der Waals surface area contributed by atoms with Gasteiger partial charge in [-0.05, 0) is 43.9 Å². The number of allylic oxidation sites excluding steroid dienone is 2. The maximum Gasteiger partial charge on any atom is 0.188 e. The molecule has 8 nitrogen and oxygen atoms in total. The van der Waals surface area contributed by atoms with E-state index in [1.165, 1.54) is 31.2 Å². The van der Waals surface area contributed by atoms with Crippen LogP contribution in [0.1, 0.15) is 69.2 Å². The van der Waals surface area contributed by atoms with Gasteiger partial charge < -0.3 is 20.9 Å².